The van der Waals surface area contributed by atoms with Gasteiger partial charge in [0.05, 0.1) is 0 Å². The van der Waals surface area contributed by atoms with Crippen LogP contribution >= 0.6 is 0 Å². The molecule has 0 saturated carbocycles. The molecule has 0 spiro atoms. The third kappa shape index (κ3) is 6.83. The van der Waals surface area contributed by atoms with Crippen LogP contribution in [-0.4, -0.2) is 24.4 Å². The highest BCUT2D eigenvalue weighted by atomic mass is 16.2. The summed E-state index contributed by atoms with van der Waals surface area (Å²) in [7, 11) is 0. The van der Waals surface area contributed by atoms with E-state index in [0.29, 0.717) is 6.54 Å². The summed E-state index contributed by atoms with van der Waals surface area (Å²) in [5, 5.41) is 5.24. The summed E-state index contributed by atoms with van der Waals surface area (Å²) >= 11 is 0. The molecule has 11 heavy (non-hydrogen) atoms. The van der Waals surface area contributed by atoms with E-state index in [1.165, 1.54) is 13.8 Å². The number of hydrogen-bond acceptors (Lipinski definition) is 2. The summed E-state index contributed by atoms with van der Waals surface area (Å²) in [5.41, 5.74) is 0. The Morgan fingerprint density at radius 2 is 1.82 bits per heavy atom. The summed E-state index contributed by atoms with van der Waals surface area (Å²) in [6.07, 6.45) is 0. The number of nitrogens with one attached hydrogen (secondary N) is 2. The van der Waals surface area contributed by atoms with E-state index in [2.05, 4.69) is 10.6 Å². The molecule has 2 N–H and O–H groups in total. The summed E-state index contributed by atoms with van der Waals surface area (Å²) in [5.74, 6) is -0.162. The van der Waals surface area contributed by atoms with Crippen LogP contribution in [0.5, 0.6) is 0 Å². The van der Waals surface area contributed by atoms with Crippen LogP contribution in [0.25, 0.3) is 0 Å². The van der Waals surface area contributed by atoms with Crippen LogP contribution in [0, 0.1) is 0 Å². The molecule has 2 amide bonds. The van der Waals surface area contributed by atoms with Crippen molar-refractivity contribution in [3.05, 3.63) is 0 Å². The molecule has 0 aromatic rings. The Morgan fingerprint density at radius 3 is 2.18 bits per heavy atom. The Morgan fingerprint density at radius 1 is 1.27 bits per heavy atom. The van der Waals surface area contributed by atoms with Gasteiger partial charge in [-0.1, -0.05) is 0 Å². The van der Waals surface area contributed by atoms with Gasteiger partial charge in [0.15, 0.2) is 0 Å². The highest BCUT2D eigenvalue weighted by Gasteiger charge is 2.02. The maximum absolute atomic E-state index is 10.5. The maximum atomic E-state index is 10.5. The SMILES string of the molecule is CC(=O)NC[C@@H](C)NC(C)=O. The van der Waals surface area contributed by atoms with E-state index in [9.17, 15) is 9.59 Å². The molecule has 0 rings (SSSR count). The Balaban J connectivity index is 3.44. The van der Waals surface area contributed by atoms with Crippen molar-refractivity contribution in [1.29, 1.82) is 0 Å². The number of carbonyl (C=O) groups excluding carboxylic acids is 2. The van der Waals surface area contributed by atoms with Gasteiger partial charge in [-0.3, -0.25) is 9.59 Å². The lowest BCUT2D eigenvalue weighted by atomic mass is 10.3. The van der Waals surface area contributed by atoms with E-state index < -0.39 is 0 Å². The lowest BCUT2D eigenvalue weighted by Gasteiger charge is -2.11. The van der Waals surface area contributed by atoms with Gasteiger partial charge in [-0.05, 0) is 6.92 Å². The number of amides is 2. The molecule has 0 aliphatic carbocycles. The van der Waals surface area contributed by atoms with Crippen molar-refractivity contribution in [3.8, 4) is 0 Å². The predicted molar refractivity (Wildman–Crippen MR) is 42.0 cm³/mol. The average Bonchev–Trinajstić information content (AvgIpc) is 1.82. The second kappa shape index (κ2) is 4.71. The molecule has 1 atom stereocenters. The molecule has 0 heterocycles. The van der Waals surface area contributed by atoms with Crippen molar-refractivity contribution in [2.45, 2.75) is 26.8 Å². The van der Waals surface area contributed by atoms with Gasteiger partial charge in [0.2, 0.25) is 11.8 Å². The Kier molecular flexibility index (Phi) is 4.26. The molecular formula is C7H14N2O2. The Labute approximate surface area is 66.4 Å². The van der Waals surface area contributed by atoms with Crippen LogP contribution in [0.2, 0.25) is 0 Å². The van der Waals surface area contributed by atoms with Crippen LogP contribution < -0.4 is 10.6 Å². The lowest BCUT2D eigenvalue weighted by molar-refractivity contribution is -0.121. The van der Waals surface area contributed by atoms with E-state index in [1.807, 2.05) is 6.92 Å². The number of hydrogen-bond donors (Lipinski definition) is 2. The molecule has 64 valence electrons. The third-order valence-electron chi connectivity index (χ3n) is 1.11. The first-order valence-corrected chi connectivity index (χ1v) is 3.54. The van der Waals surface area contributed by atoms with Gasteiger partial charge in [0.25, 0.3) is 0 Å². The first-order chi connectivity index (χ1) is 5.02. The van der Waals surface area contributed by atoms with E-state index in [-0.39, 0.29) is 17.9 Å². The molecule has 0 unspecified atom stereocenters. The second-order valence-electron chi connectivity index (χ2n) is 2.54. The van der Waals surface area contributed by atoms with Gasteiger partial charge in [-0.25, -0.2) is 0 Å². The van der Waals surface area contributed by atoms with Gasteiger partial charge in [0.1, 0.15) is 0 Å². The minimum absolute atomic E-state index is 0.00333. The van der Waals surface area contributed by atoms with Crippen molar-refractivity contribution in [3.63, 3.8) is 0 Å². The normalized spacial score (nSPS) is 11.9. The fourth-order valence-electron chi connectivity index (χ4n) is 0.695. The topological polar surface area (TPSA) is 58.2 Å². The van der Waals surface area contributed by atoms with Gasteiger partial charge < -0.3 is 10.6 Å². The Hall–Kier alpha value is -1.06. The zero-order valence-electron chi connectivity index (χ0n) is 7.10. The fourth-order valence-corrected chi connectivity index (χ4v) is 0.695. The molecule has 0 aliphatic rings. The zero-order chi connectivity index (χ0) is 8.85. The zero-order valence-corrected chi connectivity index (χ0v) is 7.10. The van der Waals surface area contributed by atoms with Crippen LogP contribution in [0.15, 0.2) is 0 Å². The van der Waals surface area contributed by atoms with Crippen LogP contribution in [0.3, 0.4) is 0 Å². The maximum Gasteiger partial charge on any atom is 0.217 e. The van der Waals surface area contributed by atoms with E-state index in [0.717, 1.165) is 0 Å². The molecular weight excluding hydrogens is 144 g/mol. The van der Waals surface area contributed by atoms with Crippen LogP contribution in [0.1, 0.15) is 20.8 Å². The van der Waals surface area contributed by atoms with Crippen molar-refractivity contribution in [2.75, 3.05) is 6.54 Å². The minimum Gasteiger partial charge on any atom is -0.354 e. The van der Waals surface area contributed by atoms with Crippen molar-refractivity contribution in [2.24, 2.45) is 0 Å². The molecule has 4 nitrogen and oxygen atoms in total. The number of carbonyl (C=O) groups is 2. The van der Waals surface area contributed by atoms with E-state index >= 15 is 0 Å². The quantitative estimate of drug-likeness (QED) is 0.589. The van der Waals surface area contributed by atoms with E-state index in [1.54, 1.807) is 0 Å². The van der Waals surface area contributed by atoms with Crippen LogP contribution in [-0.2, 0) is 9.59 Å². The minimum atomic E-state index is -0.0813. The van der Waals surface area contributed by atoms with E-state index in [4.69, 9.17) is 0 Å². The van der Waals surface area contributed by atoms with Gasteiger partial charge in [-0.15, -0.1) is 0 Å². The molecule has 0 aliphatic heterocycles. The predicted octanol–water partition coefficient (Wildman–Crippen LogP) is -0.353. The number of rotatable bonds is 3. The van der Waals surface area contributed by atoms with Gasteiger partial charge >= 0.3 is 0 Å². The molecule has 0 radical (unpaired) electrons. The second-order valence-corrected chi connectivity index (χ2v) is 2.54. The first kappa shape index (κ1) is 9.94. The van der Waals surface area contributed by atoms with Crippen molar-refractivity contribution >= 4 is 11.8 Å². The van der Waals surface area contributed by atoms with Crippen molar-refractivity contribution in [1.82, 2.24) is 10.6 Å². The van der Waals surface area contributed by atoms with Gasteiger partial charge in [0, 0.05) is 26.4 Å². The molecule has 4 heteroatoms. The molecule has 0 aromatic carbocycles. The largest absolute Gasteiger partial charge is 0.354 e. The summed E-state index contributed by atoms with van der Waals surface area (Å²) in [6, 6.07) is -0.00333. The lowest BCUT2D eigenvalue weighted by Crippen LogP contribution is -2.40. The summed E-state index contributed by atoms with van der Waals surface area (Å²) in [4.78, 5) is 20.9. The summed E-state index contributed by atoms with van der Waals surface area (Å²) in [6.45, 7) is 5.21. The smallest absolute Gasteiger partial charge is 0.217 e. The standard InChI is InChI=1S/C7H14N2O2/c1-5(9-7(3)11)4-8-6(2)10/h5H,4H2,1-3H3,(H,8,10)(H,9,11)/t5-/m1/s1. The average molecular weight is 158 g/mol. The fraction of sp³-hybridized carbons (Fsp3) is 0.714. The molecule has 0 bridgehead atoms. The molecule has 0 fully saturated rings. The van der Waals surface area contributed by atoms with Gasteiger partial charge in [-0.2, -0.15) is 0 Å². The third-order valence-corrected chi connectivity index (χ3v) is 1.11. The van der Waals surface area contributed by atoms with Crippen LogP contribution in [0.4, 0.5) is 0 Å². The molecule has 0 saturated heterocycles. The highest BCUT2D eigenvalue weighted by molar-refractivity contribution is 5.74. The Bertz CT molecular complexity index is 157. The molecule has 0 aromatic heterocycles. The highest BCUT2D eigenvalue weighted by Crippen LogP contribution is 1.77. The summed E-state index contributed by atoms with van der Waals surface area (Å²) < 4.78 is 0. The monoisotopic (exact) mass is 158 g/mol. The van der Waals surface area contributed by atoms with Crippen molar-refractivity contribution < 1.29 is 9.59 Å². The first-order valence-electron chi connectivity index (χ1n) is 3.54.